The average molecular weight is 253 g/mol. The van der Waals surface area contributed by atoms with Gasteiger partial charge in [-0.3, -0.25) is 0 Å². The predicted octanol–water partition coefficient (Wildman–Crippen LogP) is 1.82. The van der Waals surface area contributed by atoms with Gasteiger partial charge in [0.05, 0.1) is 11.5 Å². The Hall–Kier alpha value is -0.870. The molecular weight excluding hydrogens is 234 g/mol. The highest BCUT2D eigenvalue weighted by molar-refractivity contribution is 7.91. The third-order valence-electron chi connectivity index (χ3n) is 3.57. The zero-order valence-electron chi connectivity index (χ0n) is 10.1. The molecule has 0 amide bonds. The predicted molar refractivity (Wildman–Crippen MR) is 69.5 cm³/mol. The Labute approximate surface area is 103 Å². The van der Waals surface area contributed by atoms with Gasteiger partial charge in [-0.25, -0.2) is 8.42 Å². The van der Waals surface area contributed by atoms with E-state index in [1.165, 1.54) is 5.56 Å². The highest BCUT2D eigenvalue weighted by atomic mass is 32.2. The molecule has 0 aromatic heterocycles. The highest BCUT2D eigenvalue weighted by Gasteiger charge is 2.28. The minimum atomic E-state index is -2.79. The number of hydrogen-bond donors (Lipinski definition) is 1. The van der Waals surface area contributed by atoms with Gasteiger partial charge in [-0.2, -0.15) is 0 Å². The molecule has 94 valence electrons. The Balaban J connectivity index is 2.06. The van der Waals surface area contributed by atoms with Crippen LogP contribution in [-0.2, 0) is 9.84 Å². The summed E-state index contributed by atoms with van der Waals surface area (Å²) in [5.41, 5.74) is 8.54. The molecule has 2 N–H and O–H groups in total. The van der Waals surface area contributed by atoms with Crippen LogP contribution in [0, 0.1) is 12.8 Å². The molecule has 1 aliphatic heterocycles. The molecule has 0 saturated carbocycles. The van der Waals surface area contributed by atoms with E-state index in [4.69, 9.17) is 5.73 Å². The summed E-state index contributed by atoms with van der Waals surface area (Å²) >= 11 is 0. The first-order valence-corrected chi connectivity index (χ1v) is 7.83. The third-order valence-corrected chi connectivity index (χ3v) is 5.28. The van der Waals surface area contributed by atoms with Crippen LogP contribution < -0.4 is 5.73 Å². The molecule has 2 rings (SSSR count). The molecule has 4 heteroatoms. The van der Waals surface area contributed by atoms with Crippen LogP contribution in [-0.4, -0.2) is 19.9 Å². The molecule has 1 saturated heterocycles. The summed E-state index contributed by atoms with van der Waals surface area (Å²) in [5, 5.41) is 0. The summed E-state index contributed by atoms with van der Waals surface area (Å²) in [7, 11) is -2.79. The van der Waals surface area contributed by atoms with E-state index in [0.29, 0.717) is 18.8 Å². The second-order valence-corrected chi connectivity index (χ2v) is 7.23. The Morgan fingerprint density at radius 1 is 1.18 bits per heavy atom. The molecule has 3 nitrogen and oxygen atoms in total. The molecule has 0 radical (unpaired) electrons. The topological polar surface area (TPSA) is 60.2 Å². The normalized spacial score (nSPS) is 22.2. The van der Waals surface area contributed by atoms with Crippen LogP contribution in [0.5, 0.6) is 0 Å². The fourth-order valence-electron chi connectivity index (χ4n) is 2.33. The van der Waals surface area contributed by atoms with Crippen molar-refractivity contribution in [1.82, 2.24) is 0 Å². The van der Waals surface area contributed by atoms with E-state index in [9.17, 15) is 8.42 Å². The molecule has 1 aromatic rings. The highest BCUT2D eigenvalue weighted by Crippen LogP contribution is 2.29. The molecule has 17 heavy (non-hydrogen) atoms. The van der Waals surface area contributed by atoms with Crippen LogP contribution >= 0.6 is 0 Å². The number of sulfone groups is 1. The standard InChI is InChI=1S/C13H19NO2S/c1-10-2-4-11(5-3-10)13(14)12-6-8-17(15,16)9-7-12/h2-5,12-13H,6-9,14H2,1H3. The van der Waals surface area contributed by atoms with Crippen molar-refractivity contribution in [3.8, 4) is 0 Å². The molecule has 0 bridgehead atoms. The van der Waals surface area contributed by atoms with E-state index in [1.807, 2.05) is 19.1 Å². The molecule has 1 heterocycles. The van der Waals surface area contributed by atoms with Crippen LogP contribution in [0.25, 0.3) is 0 Å². The van der Waals surface area contributed by atoms with Gasteiger partial charge in [-0.1, -0.05) is 29.8 Å². The molecule has 1 unspecified atom stereocenters. The van der Waals surface area contributed by atoms with Gasteiger partial charge in [0.1, 0.15) is 9.84 Å². The van der Waals surface area contributed by atoms with Crippen molar-refractivity contribution in [3.05, 3.63) is 35.4 Å². The van der Waals surface area contributed by atoms with Crippen LogP contribution in [0.4, 0.5) is 0 Å². The maximum atomic E-state index is 11.4. The van der Waals surface area contributed by atoms with Crippen LogP contribution in [0.1, 0.15) is 30.0 Å². The van der Waals surface area contributed by atoms with Gasteiger partial charge in [0, 0.05) is 6.04 Å². The average Bonchev–Trinajstić information content (AvgIpc) is 2.29. The molecule has 1 fully saturated rings. The number of benzene rings is 1. The first-order chi connectivity index (χ1) is 7.98. The molecule has 1 atom stereocenters. The van der Waals surface area contributed by atoms with Crippen molar-refractivity contribution < 1.29 is 8.42 Å². The molecule has 0 spiro atoms. The van der Waals surface area contributed by atoms with Gasteiger partial charge in [-0.15, -0.1) is 0 Å². The van der Waals surface area contributed by atoms with Gasteiger partial charge in [0.2, 0.25) is 0 Å². The second kappa shape index (κ2) is 4.78. The number of aryl methyl sites for hydroxylation is 1. The van der Waals surface area contributed by atoms with E-state index < -0.39 is 9.84 Å². The third kappa shape index (κ3) is 3.07. The Morgan fingerprint density at radius 3 is 2.24 bits per heavy atom. The van der Waals surface area contributed by atoms with E-state index >= 15 is 0 Å². The van der Waals surface area contributed by atoms with Gasteiger partial charge in [-0.05, 0) is 31.2 Å². The lowest BCUT2D eigenvalue weighted by atomic mass is 9.89. The lowest BCUT2D eigenvalue weighted by Crippen LogP contribution is -2.30. The van der Waals surface area contributed by atoms with E-state index in [2.05, 4.69) is 12.1 Å². The maximum absolute atomic E-state index is 11.4. The number of rotatable bonds is 2. The fraction of sp³-hybridized carbons (Fsp3) is 0.538. The van der Waals surface area contributed by atoms with E-state index in [1.54, 1.807) is 0 Å². The maximum Gasteiger partial charge on any atom is 0.150 e. The summed E-state index contributed by atoms with van der Waals surface area (Å²) < 4.78 is 22.7. The van der Waals surface area contributed by atoms with Crippen molar-refractivity contribution in [2.45, 2.75) is 25.8 Å². The first-order valence-electron chi connectivity index (χ1n) is 6.00. The van der Waals surface area contributed by atoms with Crippen molar-refractivity contribution in [2.24, 2.45) is 11.7 Å². The van der Waals surface area contributed by atoms with Crippen molar-refractivity contribution in [1.29, 1.82) is 0 Å². The van der Waals surface area contributed by atoms with Crippen LogP contribution in [0.2, 0.25) is 0 Å². The van der Waals surface area contributed by atoms with Gasteiger partial charge >= 0.3 is 0 Å². The monoisotopic (exact) mass is 253 g/mol. The smallest absolute Gasteiger partial charge is 0.150 e. The minimum Gasteiger partial charge on any atom is -0.324 e. The van der Waals surface area contributed by atoms with Gasteiger partial charge < -0.3 is 5.73 Å². The van der Waals surface area contributed by atoms with Crippen molar-refractivity contribution in [3.63, 3.8) is 0 Å². The Kier molecular flexibility index (Phi) is 3.54. The number of nitrogens with two attached hydrogens (primary N) is 1. The van der Waals surface area contributed by atoms with Gasteiger partial charge in [0.15, 0.2) is 0 Å². The second-order valence-electron chi connectivity index (χ2n) is 4.93. The first kappa shape index (κ1) is 12.6. The SMILES string of the molecule is Cc1ccc(C(N)C2CCS(=O)(=O)CC2)cc1. The molecular formula is C13H19NO2S. The summed E-state index contributed by atoms with van der Waals surface area (Å²) in [6, 6.07) is 8.15. The van der Waals surface area contributed by atoms with Crippen molar-refractivity contribution >= 4 is 9.84 Å². The largest absolute Gasteiger partial charge is 0.324 e. The van der Waals surface area contributed by atoms with Crippen molar-refractivity contribution in [2.75, 3.05) is 11.5 Å². The summed E-state index contributed by atoms with van der Waals surface area (Å²) in [4.78, 5) is 0. The molecule has 1 aromatic carbocycles. The minimum absolute atomic E-state index is 0.0360. The zero-order valence-corrected chi connectivity index (χ0v) is 10.9. The summed E-state index contributed by atoms with van der Waals surface area (Å²) in [5.74, 6) is 0.871. The van der Waals surface area contributed by atoms with Gasteiger partial charge in [0.25, 0.3) is 0 Å². The lowest BCUT2D eigenvalue weighted by Gasteiger charge is -2.27. The summed E-state index contributed by atoms with van der Waals surface area (Å²) in [6.45, 7) is 2.04. The zero-order chi connectivity index (χ0) is 12.5. The molecule has 1 aliphatic rings. The fourth-order valence-corrected chi connectivity index (χ4v) is 3.86. The van der Waals surface area contributed by atoms with E-state index in [0.717, 1.165) is 5.56 Å². The number of hydrogen-bond acceptors (Lipinski definition) is 3. The molecule has 0 aliphatic carbocycles. The lowest BCUT2D eigenvalue weighted by molar-refractivity contribution is 0.392. The summed E-state index contributed by atoms with van der Waals surface area (Å²) in [6.07, 6.45) is 1.38. The quantitative estimate of drug-likeness (QED) is 0.874. The van der Waals surface area contributed by atoms with Crippen LogP contribution in [0.3, 0.4) is 0 Å². The van der Waals surface area contributed by atoms with Crippen LogP contribution in [0.15, 0.2) is 24.3 Å². The Morgan fingerprint density at radius 2 is 1.71 bits per heavy atom. The van der Waals surface area contributed by atoms with E-state index in [-0.39, 0.29) is 17.5 Å². The Bertz CT molecular complexity index is 465.